The van der Waals surface area contributed by atoms with Crippen molar-refractivity contribution < 1.29 is 30.3 Å². The molecule has 0 aromatic carbocycles. The van der Waals surface area contributed by atoms with Crippen LogP contribution in [-0.4, -0.2) is 73.3 Å². The summed E-state index contributed by atoms with van der Waals surface area (Å²) in [5, 5.41) is 63.8. The van der Waals surface area contributed by atoms with Gasteiger partial charge in [0.15, 0.2) is 10.8 Å². The Kier molecular flexibility index (Phi) is 6.18. The Morgan fingerprint density at radius 2 is 1.80 bits per heavy atom. The number of hydrogen-bond acceptors (Lipinski definition) is 14. The van der Waals surface area contributed by atoms with Gasteiger partial charge >= 0.3 is 0 Å². The number of aromatic nitrogens is 5. The topological polar surface area (TPSA) is 223 Å². The van der Waals surface area contributed by atoms with Crippen molar-refractivity contribution in [3.8, 4) is 23.5 Å². The summed E-state index contributed by atoms with van der Waals surface area (Å²) in [4.78, 5) is 25.1. The number of aliphatic hydroxyl groups excluding tert-OH is 1. The molecule has 184 valence electrons. The fourth-order valence-electron chi connectivity index (χ4n) is 3.04. The maximum absolute atomic E-state index is 13.2. The SMILES string of the molecule is Cc1nc(Nc2snc(O)c2C(=N)NC(C)C(C)O)sc1C(=O)n1c(O)cc2nc(O)c(O)nc21. The average molecular weight is 521 g/mol. The number of fused-ring (bicyclic) bond motifs is 1. The highest BCUT2D eigenvalue weighted by atomic mass is 32.1. The molecule has 2 unspecified atom stereocenters. The van der Waals surface area contributed by atoms with Gasteiger partial charge in [-0.15, -0.1) is 0 Å². The second-order valence-electron chi connectivity index (χ2n) is 7.54. The molecule has 0 amide bonds. The largest absolute Gasteiger partial charge is 0.494 e. The van der Waals surface area contributed by atoms with E-state index < -0.39 is 35.7 Å². The Hall–Kier alpha value is -4.02. The summed E-state index contributed by atoms with van der Waals surface area (Å²) in [6.45, 7) is 4.82. The Balaban J connectivity index is 1.64. The minimum Gasteiger partial charge on any atom is -0.494 e. The number of nitrogens with one attached hydrogen (secondary N) is 3. The van der Waals surface area contributed by atoms with Crippen molar-refractivity contribution in [2.75, 3.05) is 5.32 Å². The third-order valence-electron chi connectivity index (χ3n) is 5.01. The average Bonchev–Trinajstić information content (AvgIpc) is 3.42. The van der Waals surface area contributed by atoms with Gasteiger partial charge in [0.2, 0.25) is 11.8 Å². The first kappa shape index (κ1) is 24.1. The van der Waals surface area contributed by atoms with Crippen LogP contribution in [0.4, 0.5) is 10.1 Å². The van der Waals surface area contributed by atoms with Crippen LogP contribution in [-0.2, 0) is 0 Å². The summed E-state index contributed by atoms with van der Waals surface area (Å²) >= 11 is 1.81. The van der Waals surface area contributed by atoms with Crippen LogP contribution in [0.5, 0.6) is 23.5 Å². The van der Waals surface area contributed by atoms with E-state index >= 15 is 0 Å². The third-order valence-corrected chi connectivity index (χ3v) is 6.82. The fraction of sp³-hybridized carbons (Fsp3) is 0.263. The smallest absolute Gasteiger partial charge is 0.278 e. The zero-order chi connectivity index (χ0) is 25.6. The molecule has 0 aliphatic carbocycles. The van der Waals surface area contributed by atoms with Crippen LogP contribution in [0.3, 0.4) is 0 Å². The highest BCUT2D eigenvalue weighted by Gasteiger charge is 2.26. The molecule has 14 nitrogen and oxygen atoms in total. The van der Waals surface area contributed by atoms with Gasteiger partial charge in [-0.3, -0.25) is 10.2 Å². The molecule has 0 radical (unpaired) electrons. The van der Waals surface area contributed by atoms with E-state index in [9.17, 15) is 30.3 Å². The number of aromatic hydroxyl groups is 4. The predicted octanol–water partition coefficient (Wildman–Crippen LogP) is 1.59. The van der Waals surface area contributed by atoms with E-state index in [1.807, 2.05) is 0 Å². The number of carbonyl (C=O) groups is 1. The van der Waals surface area contributed by atoms with Gasteiger partial charge < -0.3 is 36.2 Å². The fourth-order valence-corrected chi connectivity index (χ4v) is 4.70. The quantitative estimate of drug-likeness (QED) is 0.134. The lowest BCUT2D eigenvalue weighted by Crippen LogP contribution is -2.39. The van der Waals surface area contributed by atoms with Crippen LogP contribution >= 0.6 is 22.9 Å². The summed E-state index contributed by atoms with van der Waals surface area (Å²) < 4.78 is 4.68. The van der Waals surface area contributed by atoms with Crippen LogP contribution in [0.1, 0.15) is 34.8 Å². The molecule has 0 fully saturated rings. The summed E-state index contributed by atoms with van der Waals surface area (Å²) in [7, 11) is 0. The number of nitrogens with zero attached hydrogens (tertiary/aromatic N) is 5. The number of thiazole rings is 1. The lowest BCUT2D eigenvalue weighted by atomic mass is 10.2. The van der Waals surface area contributed by atoms with Gasteiger partial charge in [-0.25, -0.2) is 14.5 Å². The molecule has 4 aromatic rings. The highest BCUT2D eigenvalue weighted by Crippen LogP contribution is 2.35. The number of rotatable bonds is 6. The van der Waals surface area contributed by atoms with Crippen LogP contribution in [0.2, 0.25) is 0 Å². The summed E-state index contributed by atoms with van der Waals surface area (Å²) in [5.41, 5.74) is 0.217. The van der Waals surface area contributed by atoms with Crippen LogP contribution in [0.25, 0.3) is 11.2 Å². The molecule has 16 heteroatoms. The van der Waals surface area contributed by atoms with Crippen LogP contribution < -0.4 is 10.6 Å². The first-order chi connectivity index (χ1) is 16.5. The van der Waals surface area contributed by atoms with E-state index in [1.54, 1.807) is 20.8 Å². The molecule has 4 aromatic heterocycles. The zero-order valence-electron chi connectivity index (χ0n) is 18.4. The second-order valence-corrected chi connectivity index (χ2v) is 9.31. The molecule has 8 N–H and O–H groups in total. The number of carbonyl (C=O) groups excluding carboxylic acids is 1. The van der Waals surface area contributed by atoms with E-state index in [2.05, 4.69) is 30.0 Å². The summed E-state index contributed by atoms with van der Waals surface area (Å²) in [6.07, 6.45) is -0.743. The lowest BCUT2D eigenvalue weighted by molar-refractivity contribution is 0.0959. The minimum atomic E-state index is -0.800. The Bertz CT molecular complexity index is 1460. The molecule has 0 spiro atoms. The van der Waals surface area contributed by atoms with Gasteiger partial charge in [0, 0.05) is 6.07 Å². The first-order valence-electron chi connectivity index (χ1n) is 9.99. The highest BCUT2D eigenvalue weighted by molar-refractivity contribution is 7.18. The molecule has 0 saturated heterocycles. The molecule has 4 rings (SSSR count). The Labute approximate surface area is 204 Å². The van der Waals surface area contributed by atoms with Gasteiger partial charge in [0.05, 0.1) is 17.8 Å². The maximum Gasteiger partial charge on any atom is 0.278 e. The molecular weight excluding hydrogens is 500 g/mol. The van der Waals surface area contributed by atoms with Gasteiger partial charge in [-0.1, -0.05) is 11.3 Å². The number of anilines is 2. The summed E-state index contributed by atoms with van der Waals surface area (Å²) in [5.74, 6) is -3.29. The normalized spacial score (nSPS) is 13.0. The van der Waals surface area contributed by atoms with Gasteiger partial charge in [0.25, 0.3) is 17.7 Å². The Morgan fingerprint density at radius 3 is 2.49 bits per heavy atom. The van der Waals surface area contributed by atoms with Gasteiger partial charge in [0.1, 0.15) is 26.8 Å². The van der Waals surface area contributed by atoms with Crippen molar-refractivity contribution in [1.29, 1.82) is 5.41 Å². The number of amidine groups is 1. The van der Waals surface area contributed by atoms with Crippen molar-refractivity contribution in [2.45, 2.75) is 32.9 Å². The third kappa shape index (κ3) is 4.41. The zero-order valence-corrected chi connectivity index (χ0v) is 20.1. The molecule has 2 atom stereocenters. The van der Waals surface area contributed by atoms with E-state index in [4.69, 9.17) is 5.41 Å². The van der Waals surface area contributed by atoms with Crippen LogP contribution in [0, 0.1) is 12.3 Å². The predicted molar refractivity (Wildman–Crippen MR) is 127 cm³/mol. The molecule has 0 bridgehead atoms. The Morgan fingerprint density at radius 1 is 1.11 bits per heavy atom. The van der Waals surface area contributed by atoms with Crippen LogP contribution in [0.15, 0.2) is 6.07 Å². The summed E-state index contributed by atoms with van der Waals surface area (Å²) in [6, 6.07) is 0.656. The number of aliphatic hydroxyl groups is 1. The molecular formula is C19H20N8O6S2. The van der Waals surface area contributed by atoms with Crippen molar-refractivity contribution >= 4 is 55.9 Å². The van der Waals surface area contributed by atoms with E-state index in [1.165, 1.54) is 0 Å². The van der Waals surface area contributed by atoms with Crippen molar-refractivity contribution in [3.63, 3.8) is 0 Å². The van der Waals surface area contributed by atoms with E-state index in [-0.39, 0.29) is 43.5 Å². The van der Waals surface area contributed by atoms with E-state index in [0.29, 0.717) is 5.69 Å². The monoisotopic (exact) mass is 520 g/mol. The van der Waals surface area contributed by atoms with Gasteiger partial charge in [-0.2, -0.15) is 9.36 Å². The molecule has 0 aliphatic heterocycles. The molecule has 35 heavy (non-hydrogen) atoms. The molecule has 0 aliphatic rings. The van der Waals surface area contributed by atoms with Crippen molar-refractivity contribution in [1.82, 2.24) is 29.2 Å². The van der Waals surface area contributed by atoms with E-state index in [0.717, 1.165) is 33.5 Å². The van der Waals surface area contributed by atoms with Crippen molar-refractivity contribution in [2.24, 2.45) is 0 Å². The maximum atomic E-state index is 13.2. The lowest BCUT2D eigenvalue weighted by Gasteiger charge is -2.18. The molecule has 4 heterocycles. The first-order valence-corrected chi connectivity index (χ1v) is 11.6. The van der Waals surface area contributed by atoms with Gasteiger partial charge in [-0.05, 0) is 32.3 Å². The van der Waals surface area contributed by atoms with Crippen molar-refractivity contribution in [3.05, 3.63) is 22.2 Å². The minimum absolute atomic E-state index is 0.00566. The molecule has 0 saturated carbocycles. The number of aryl methyl sites for hydroxylation is 1. The standard InChI is InChI=1S/C19H20N8O6S2/c1-5(7(3)28)21-12(20)10-14(30)26-35-17(10)25-19-22-6(2)11(34-19)18(33)27-9(29)4-8-13(27)24-16(32)15(31)23-8/h4-5,7,28-29H,1-3H3,(H2,20,21)(H,22,25)(H,23,31)(H,24,32)(H,26,30). The number of hydrogen-bond donors (Lipinski definition) is 8. The second kappa shape index (κ2) is 8.97.